The number of hydrogen-bond acceptors (Lipinski definition) is 2. The van der Waals surface area contributed by atoms with Gasteiger partial charge in [0.1, 0.15) is 0 Å². The highest BCUT2D eigenvalue weighted by molar-refractivity contribution is 9.10. The van der Waals surface area contributed by atoms with E-state index in [0.717, 1.165) is 10.9 Å². The Kier molecular flexibility index (Phi) is 5.04. The van der Waals surface area contributed by atoms with Crippen molar-refractivity contribution in [3.05, 3.63) is 34.3 Å². The molecular formula is C10H12BrNOS. The molecule has 1 N–H and O–H groups in total. The van der Waals surface area contributed by atoms with E-state index in [-0.39, 0.29) is 11.7 Å². The number of benzene rings is 1. The standard InChI is InChI=1S/C10H12BrNOS/c11-9-3-1-8(2-4-9)5-6-12-10(13)7-14/h1-4,14H,5-7H2,(H,12,13). The lowest BCUT2D eigenvalue weighted by Gasteiger charge is -2.03. The summed E-state index contributed by atoms with van der Waals surface area (Å²) in [5.74, 6) is 0.228. The highest BCUT2D eigenvalue weighted by Gasteiger charge is 1.96. The maximum atomic E-state index is 10.9. The van der Waals surface area contributed by atoms with Gasteiger partial charge in [-0.2, -0.15) is 12.6 Å². The minimum Gasteiger partial charge on any atom is -0.355 e. The predicted octanol–water partition coefficient (Wildman–Crippen LogP) is 2.04. The summed E-state index contributed by atoms with van der Waals surface area (Å²) in [5, 5.41) is 2.77. The van der Waals surface area contributed by atoms with E-state index in [0.29, 0.717) is 6.54 Å². The van der Waals surface area contributed by atoms with Crippen molar-refractivity contribution in [2.45, 2.75) is 6.42 Å². The van der Waals surface area contributed by atoms with Gasteiger partial charge in [0.05, 0.1) is 5.75 Å². The van der Waals surface area contributed by atoms with Crippen molar-refractivity contribution in [2.24, 2.45) is 0 Å². The Morgan fingerprint density at radius 2 is 2.00 bits per heavy atom. The number of carbonyl (C=O) groups is 1. The van der Waals surface area contributed by atoms with Gasteiger partial charge in [-0.25, -0.2) is 0 Å². The summed E-state index contributed by atoms with van der Waals surface area (Å²) in [6.07, 6.45) is 0.854. The molecule has 1 aromatic rings. The van der Waals surface area contributed by atoms with Crippen molar-refractivity contribution in [3.8, 4) is 0 Å². The average Bonchev–Trinajstić information content (AvgIpc) is 2.21. The Balaban J connectivity index is 2.31. The number of rotatable bonds is 4. The summed E-state index contributed by atoms with van der Waals surface area (Å²) in [6, 6.07) is 8.07. The lowest BCUT2D eigenvalue weighted by molar-refractivity contribution is -0.118. The van der Waals surface area contributed by atoms with E-state index in [4.69, 9.17) is 0 Å². The zero-order chi connectivity index (χ0) is 10.4. The first-order chi connectivity index (χ1) is 6.72. The van der Waals surface area contributed by atoms with E-state index < -0.39 is 0 Å². The van der Waals surface area contributed by atoms with Gasteiger partial charge in [0, 0.05) is 11.0 Å². The Labute approximate surface area is 97.6 Å². The SMILES string of the molecule is O=C(CS)NCCc1ccc(Br)cc1. The van der Waals surface area contributed by atoms with Crippen LogP contribution in [0.15, 0.2) is 28.7 Å². The van der Waals surface area contributed by atoms with Crippen LogP contribution in [0.25, 0.3) is 0 Å². The normalized spacial score (nSPS) is 9.86. The van der Waals surface area contributed by atoms with Crippen LogP contribution in [0.3, 0.4) is 0 Å². The first kappa shape index (κ1) is 11.6. The van der Waals surface area contributed by atoms with Gasteiger partial charge in [0.15, 0.2) is 0 Å². The fourth-order valence-electron chi connectivity index (χ4n) is 1.05. The van der Waals surface area contributed by atoms with E-state index in [2.05, 4.69) is 33.9 Å². The van der Waals surface area contributed by atoms with Crippen molar-refractivity contribution in [1.29, 1.82) is 0 Å². The molecule has 2 nitrogen and oxygen atoms in total. The predicted molar refractivity (Wildman–Crippen MR) is 64.7 cm³/mol. The highest BCUT2D eigenvalue weighted by atomic mass is 79.9. The van der Waals surface area contributed by atoms with Gasteiger partial charge in [0.2, 0.25) is 5.91 Å². The van der Waals surface area contributed by atoms with Crippen LogP contribution in [-0.4, -0.2) is 18.2 Å². The Morgan fingerprint density at radius 1 is 1.36 bits per heavy atom. The molecule has 0 fully saturated rings. The van der Waals surface area contributed by atoms with Crippen LogP contribution in [0.5, 0.6) is 0 Å². The van der Waals surface area contributed by atoms with Crippen LogP contribution >= 0.6 is 28.6 Å². The molecule has 1 amide bonds. The average molecular weight is 274 g/mol. The van der Waals surface area contributed by atoms with Gasteiger partial charge in [-0.05, 0) is 24.1 Å². The fourth-order valence-corrected chi connectivity index (χ4v) is 1.43. The quantitative estimate of drug-likeness (QED) is 0.808. The van der Waals surface area contributed by atoms with Gasteiger partial charge in [-0.3, -0.25) is 4.79 Å². The number of carbonyl (C=O) groups excluding carboxylic acids is 1. The van der Waals surface area contributed by atoms with Crippen LogP contribution in [0.1, 0.15) is 5.56 Å². The summed E-state index contributed by atoms with van der Waals surface area (Å²) in [6.45, 7) is 0.668. The van der Waals surface area contributed by atoms with Crippen molar-refractivity contribution < 1.29 is 4.79 Å². The van der Waals surface area contributed by atoms with Crippen LogP contribution < -0.4 is 5.32 Å². The van der Waals surface area contributed by atoms with E-state index in [1.165, 1.54) is 5.56 Å². The zero-order valence-electron chi connectivity index (χ0n) is 7.66. The monoisotopic (exact) mass is 273 g/mol. The largest absolute Gasteiger partial charge is 0.355 e. The summed E-state index contributed by atoms with van der Waals surface area (Å²) in [4.78, 5) is 10.9. The Morgan fingerprint density at radius 3 is 2.57 bits per heavy atom. The Bertz CT molecular complexity index is 299. The first-order valence-electron chi connectivity index (χ1n) is 4.34. The molecule has 0 unspecified atom stereocenters. The van der Waals surface area contributed by atoms with Crippen LogP contribution in [0, 0.1) is 0 Å². The van der Waals surface area contributed by atoms with Crippen LogP contribution in [-0.2, 0) is 11.2 Å². The smallest absolute Gasteiger partial charge is 0.229 e. The molecular weight excluding hydrogens is 262 g/mol. The van der Waals surface area contributed by atoms with E-state index in [9.17, 15) is 4.79 Å². The fraction of sp³-hybridized carbons (Fsp3) is 0.300. The van der Waals surface area contributed by atoms with Crippen LogP contribution in [0.2, 0.25) is 0 Å². The van der Waals surface area contributed by atoms with Gasteiger partial charge >= 0.3 is 0 Å². The Hall–Kier alpha value is -0.480. The second-order valence-corrected chi connectivity index (χ2v) is 4.12. The third-order valence-electron chi connectivity index (χ3n) is 1.79. The van der Waals surface area contributed by atoms with Crippen molar-refractivity contribution in [2.75, 3.05) is 12.3 Å². The third-order valence-corrected chi connectivity index (χ3v) is 2.61. The van der Waals surface area contributed by atoms with Gasteiger partial charge in [-0.15, -0.1) is 0 Å². The number of halogens is 1. The first-order valence-corrected chi connectivity index (χ1v) is 5.77. The van der Waals surface area contributed by atoms with Gasteiger partial charge < -0.3 is 5.32 Å². The molecule has 1 rings (SSSR count). The molecule has 14 heavy (non-hydrogen) atoms. The number of thiol groups is 1. The minimum absolute atomic E-state index is 0.0227. The second-order valence-electron chi connectivity index (χ2n) is 2.88. The van der Waals surface area contributed by atoms with Crippen molar-refractivity contribution >= 4 is 34.5 Å². The molecule has 0 spiro atoms. The molecule has 0 radical (unpaired) electrons. The molecule has 0 aliphatic carbocycles. The molecule has 0 aromatic heterocycles. The summed E-state index contributed by atoms with van der Waals surface area (Å²) in [5.41, 5.74) is 1.22. The summed E-state index contributed by atoms with van der Waals surface area (Å²) >= 11 is 7.24. The molecule has 76 valence electrons. The molecule has 0 bridgehead atoms. The molecule has 0 aliphatic heterocycles. The van der Waals surface area contributed by atoms with Crippen molar-refractivity contribution in [1.82, 2.24) is 5.32 Å². The lowest BCUT2D eigenvalue weighted by atomic mass is 10.1. The van der Waals surface area contributed by atoms with Crippen molar-refractivity contribution in [3.63, 3.8) is 0 Å². The molecule has 1 aromatic carbocycles. The maximum Gasteiger partial charge on any atom is 0.229 e. The molecule has 0 aliphatic rings. The van der Waals surface area contributed by atoms with Gasteiger partial charge in [0.25, 0.3) is 0 Å². The minimum atomic E-state index is -0.0227. The maximum absolute atomic E-state index is 10.9. The van der Waals surface area contributed by atoms with Crippen LogP contribution in [0.4, 0.5) is 0 Å². The number of hydrogen-bond donors (Lipinski definition) is 2. The lowest BCUT2D eigenvalue weighted by Crippen LogP contribution is -2.26. The highest BCUT2D eigenvalue weighted by Crippen LogP contribution is 2.10. The molecule has 0 saturated heterocycles. The molecule has 0 heterocycles. The zero-order valence-corrected chi connectivity index (χ0v) is 10.1. The molecule has 4 heteroatoms. The van der Waals surface area contributed by atoms with E-state index in [1.807, 2.05) is 24.3 Å². The molecule has 0 saturated carbocycles. The second kappa shape index (κ2) is 6.09. The molecule has 0 atom stereocenters. The van der Waals surface area contributed by atoms with Gasteiger partial charge in [-0.1, -0.05) is 28.1 Å². The third kappa shape index (κ3) is 4.15. The summed E-state index contributed by atoms with van der Waals surface area (Å²) in [7, 11) is 0. The van der Waals surface area contributed by atoms with E-state index in [1.54, 1.807) is 0 Å². The topological polar surface area (TPSA) is 29.1 Å². The van der Waals surface area contributed by atoms with E-state index >= 15 is 0 Å². The summed E-state index contributed by atoms with van der Waals surface area (Å²) < 4.78 is 1.07. The number of nitrogens with one attached hydrogen (secondary N) is 1. The number of amides is 1.